The summed E-state index contributed by atoms with van der Waals surface area (Å²) in [6, 6.07) is 6.50. The van der Waals surface area contributed by atoms with Crippen molar-refractivity contribution in [3.63, 3.8) is 0 Å². The third-order valence-corrected chi connectivity index (χ3v) is 6.19. The molecule has 29 heavy (non-hydrogen) atoms. The van der Waals surface area contributed by atoms with Gasteiger partial charge >= 0.3 is 0 Å². The smallest absolute Gasteiger partial charge is 0.230 e. The predicted molar refractivity (Wildman–Crippen MR) is 120 cm³/mol. The highest BCUT2D eigenvalue weighted by molar-refractivity contribution is 5.86. The van der Waals surface area contributed by atoms with Crippen LogP contribution in [-0.2, 0) is 17.6 Å². The highest BCUT2D eigenvalue weighted by Gasteiger charge is 2.42. The average Bonchev–Trinajstić information content (AvgIpc) is 3.37. The monoisotopic (exact) mass is 397 g/mol. The first-order chi connectivity index (χ1) is 14.0. The summed E-state index contributed by atoms with van der Waals surface area (Å²) in [6.45, 7) is 3.61. The number of aryl methyl sites for hydroxylation is 1. The Balaban J connectivity index is 1.57. The molecule has 0 spiro atoms. The van der Waals surface area contributed by atoms with Crippen molar-refractivity contribution in [3.8, 4) is 0 Å². The zero-order chi connectivity index (χ0) is 20.9. The van der Waals surface area contributed by atoms with E-state index in [1.165, 1.54) is 22.0 Å². The van der Waals surface area contributed by atoms with E-state index in [0.29, 0.717) is 6.54 Å². The van der Waals surface area contributed by atoms with E-state index in [-0.39, 0.29) is 11.3 Å². The van der Waals surface area contributed by atoms with Gasteiger partial charge in [0.05, 0.1) is 5.41 Å². The molecule has 1 fully saturated rings. The van der Waals surface area contributed by atoms with Crippen molar-refractivity contribution in [2.24, 2.45) is 10.4 Å². The van der Waals surface area contributed by atoms with Gasteiger partial charge < -0.3 is 20.5 Å². The summed E-state index contributed by atoms with van der Waals surface area (Å²) in [5, 5.41) is 8.12. The van der Waals surface area contributed by atoms with E-state index < -0.39 is 0 Å². The third-order valence-electron chi connectivity index (χ3n) is 6.19. The number of nitrogens with zero attached hydrogens (tertiary/aromatic N) is 2. The molecule has 1 aliphatic rings. The third kappa shape index (κ3) is 4.57. The van der Waals surface area contributed by atoms with Gasteiger partial charge in [-0.25, -0.2) is 0 Å². The Labute approximate surface area is 174 Å². The molecule has 6 heteroatoms. The number of guanidine groups is 1. The summed E-state index contributed by atoms with van der Waals surface area (Å²) in [5.41, 5.74) is 3.62. The summed E-state index contributed by atoms with van der Waals surface area (Å²) in [5.74, 6) is 0.986. The number of carbonyl (C=O) groups excluding carboxylic acids is 1. The van der Waals surface area contributed by atoms with Crippen molar-refractivity contribution in [1.82, 2.24) is 20.5 Å². The van der Waals surface area contributed by atoms with E-state index >= 15 is 0 Å². The lowest BCUT2D eigenvalue weighted by atomic mass is 9.84. The highest BCUT2D eigenvalue weighted by Crippen LogP contribution is 2.38. The average molecular weight is 398 g/mol. The van der Waals surface area contributed by atoms with Crippen LogP contribution < -0.4 is 10.6 Å². The zero-order valence-corrected chi connectivity index (χ0v) is 18.3. The summed E-state index contributed by atoms with van der Waals surface area (Å²) in [7, 11) is 5.48. The number of fused-ring (bicyclic) bond motifs is 1. The standard InChI is InChI=1S/C23H35N5O/c1-5-17-9-8-10-19-18(15-26-20(17)19)11-14-25-22(24-2)27-16-23(12-6-7-13-23)21(29)28(3)4/h8-10,15,26H,5-7,11-14,16H2,1-4H3,(H2,24,25,27). The van der Waals surface area contributed by atoms with Crippen molar-refractivity contribution in [2.45, 2.75) is 45.4 Å². The molecule has 0 atom stereocenters. The second-order valence-corrected chi connectivity index (χ2v) is 8.30. The van der Waals surface area contributed by atoms with Crippen LogP contribution in [0.2, 0.25) is 0 Å². The van der Waals surface area contributed by atoms with E-state index in [1.54, 1.807) is 11.9 Å². The van der Waals surface area contributed by atoms with Crippen LogP contribution in [0, 0.1) is 5.41 Å². The van der Waals surface area contributed by atoms with E-state index in [1.807, 2.05) is 14.1 Å². The number of para-hydroxylation sites is 1. The molecule has 1 amide bonds. The van der Waals surface area contributed by atoms with Gasteiger partial charge in [0.1, 0.15) is 0 Å². The molecule has 3 rings (SSSR count). The lowest BCUT2D eigenvalue weighted by Crippen LogP contribution is -2.49. The number of rotatable bonds is 7. The Bertz CT molecular complexity index is 861. The van der Waals surface area contributed by atoms with Crippen LogP contribution in [-0.4, -0.2) is 56.0 Å². The maximum absolute atomic E-state index is 12.7. The normalized spacial score (nSPS) is 16.2. The van der Waals surface area contributed by atoms with Gasteiger partial charge in [-0.1, -0.05) is 38.0 Å². The molecule has 1 aromatic heterocycles. The number of H-pyrrole nitrogens is 1. The molecular formula is C23H35N5O. The van der Waals surface area contributed by atoms with Crippen LogP contribution in [0.15, 0.2) is 29.4 Å². The molecule has 158 valence electrons. The fraction of sp³-hybridized carbons (Fsp3) is 0.565. The fourth-order valence-electron chi connectivity index (χ4n) is 4.56. The largest absolute Gasteiger partial charge is 0.361 e. The fourth-order valence-corrected chi connectivity index (χ4v) is 4.56. The number of hydrogen-bond donors (Lipinski definition) is 3. The SMILES string of the molecule is CCc1cccc2c(CCNC(=NC)NCC3(C(=O)N(C)C)CCCC3)c[nH]c12. The van der Waals surface area contributed by atoms with Crippen LogP contribution in [0.1, 0.15) is 43.7 Å². The molecule has 1 saturated carbocycles. The molecular weight excluding hydrogens is 362 g/mol. The van der Waals surface area contributed by atoms with E-state index in [4.69, 9.17) is 0 Å². The minimum atomic E-state index is -0.297. The second kappa shape index (κ2) is 9.33. The van der Waals surface area contributed by atoms with Crippen LogP contribution in [0.3, 0.4) is 0 Å². The lowest BCUT2D eigenvalue weighted by molar-refractivity contribution is -0.138. The van der Waals surface area contributed by atoms with Gasteiger partial charge in [-0.05, 0) is 36.8 Å². The minimum absolute atomic E-state index is 0.225. The van der Waals surface area contributed by atoms with Gasteiger partial charge in [0.25, 0.3) is 0 Å². The van der Waals surface area contributed by atoms with Gasteiger partial charge in [-0.2, -0.15) is 0 Å². The predicted octanol–water partition coefficient (Wildman–Crippen LogP) is 3.09. The van der Waals surface area contributed by atoms with Crippen LogP contribution in [0.25, 0.3) is 10.9 Å². The Morgan fingerprint density at radius 1 is 1.21 bits per heavy atom. The molecule has 1 aliphatic carbocycles. The Hall–Kier alpha value is -2.50. The van der Waals surface area contributed by atoms with Crippen LogP contribution in [0.5, 0.6) is 0 Å². The molecule has 0 saturated heterocycles. The van der Waals surface area contributed by atoms with Crippen molar-refractivity contribution in [3.05, 3.63) is 35.5 Å². The zero-order valence-electron chi connectivity index (χ0n) is 18.3. The first kappa shape index (κ1) is 21.2. The molecule has 0 aliphatic heterocycles. The molecule has 0 unspecified atom stereocenters. The van der Waals surface area contributed by atoms with Crippen molar-refractivity contribution in [2.75, 3.05) is 34.2 Å². The maximum atomic E-state index is 12.7. The highest BCUT2D eigenvalue weighted by atomic mass is 16.2. The number of hydrogen-bond acceptors (Lipinski definition) is 2. The summed E-state index contributed by atoms with van der Waals surface area (Å²) < 4.78 is 0. The summed E-state index contributed by atoms with van der Waals surface area (Å²) >= 11 is 0. The van der Waals surface area contributed by atoms with Gasteiger partial charge in [0.15, 0.2) is 5.96 Å². The summed E-state index contributed by atoms with van der Waals surface area (Å²) in [4.78, 5) is 22.3. The number of amides is 1. The van der Waals surface area contributed by atoms with E-state index in [2.05, 4.69) is 51.9 Å². The van der Waals surface area contributed by atoms with E-state index in [9.17, 15) is 4.79 Å². The van der Waals surface area contributed by atoms with Gasteiger partial charge in [-0.3, -0.25) is 9.79 Å². The molecule has 6 nitrogen and oxygen atoms in total. The summed E-state index contributed by atoms with van der Waals surface area (Å²) in [6.07, 6.45) is 8.19. The molecule has 0 bridgehead atoms. The number of aromatic amines is 1. The van der Waals surface area contributed by atoms with Gasteiger partial charge in [-0.15, -0.1) is 0 Å². The number of aromatic nitrogens is 1. The molecule has 2 aromatic rings. The van der Waals surface area contributed by atoms with Gasteiger partial charge in [0, 0.05) is 51.3 Å². The Morgan fingerprint density at radius 2 is 1.97 bits per heavy atom. The van der Waals surface area contributed by atoms with Crippen LogP contribution >= 0.6 is 0 Å². The first-order valence-corrected chi connectivity index (χ1v) is 10.7. The van der Waals surface area contributed by atoms with E-state index in [0.717, 1.165) is 51.0 Å². The Kier molecular flexibility index (Phi) is 6.83. The maximum Gasteiger partial charge on any atom is 0.230 e. The number of nitrogens with one attached hydrogen (secondary N) is 3. The first-order valence-electron chi connectivity index (χ1n) is 10.7. The Morgan fingerprint density at radius 3 is 2.62 bits per heavy atom. The quantitative estimate of drug-likeness (QED) is 0.497. The van der Waals surface area contributed by atoms with Crippen LogP contribution in [0.4, 0.5) is 0 Å². The number of carbonyl (C=O) groups is 1. The molecule has 3 N–H and O–H groups in total. The van der Waals surface area contributed by atoms with Crippen molar-refractivity contribution >= 4 is 22.8 Å². The second-order valence-electron chi connectivity index (χ2n) is 8.30. The van der Waals surface area contributed by atoms with Gasteiger partial charge in [0.2, 0.25) is 5.91 Å². The lowest BCUT2D eigenvalue weighted by Gasteiger charge is -2.31. The van der Waals surface area contributed by atoms with Crippen molar-refractivity contribution < 1.29 is 4.79 Å². The molecule has 1 aromatic carbocycles. The topological polar surface area (TPSA) is 72.5 Å². The number of aliphatic imine (C=N–C) groups is 1. The number of benzene rings is 1. The molecule has 1 heterocycles. The van der Waals surface area contributed by atoms with Crippen molar-refractivity contribution in [1.29, 1.82) is 0 Å². The minimum Gasteiger partial charge on any atom is -0.361 e. The molecule has 0 radical (unpaired) electrons.